The maximum Gasteiger partial charge on any atom is 0.261 e. The van der Waals surface area contributed by atoms with Gasteiger partial charge < -0.3 is 5.32 Å². The minimum atomic E-state index is -3.88. The first-order valence-corrected chi connectivity index (χ1v) is 10.5. The van der Waals surface area contributed by atoms with Crippen molar-refractivity contribution in [1.29, 1.82) is 0 Å². The summed E-state index contributed by atoms with van der Waals surface area (Å²) in [4.78, 5) is 12.2. The van der Waals surface area contributed by atoms with Crippen LogP contribution in [-0.4, -0.2) is 14.3 Å². The van der Waals surface area contributed by atoms with E-state index < -0.39 is 10.0 Å². The minimum absolute atomic E-state index is 0.00398. The highest BCUT2D eigenvalue weighted by Crippen LogP contribution is 2.31. The number of nitrogens with one attached hydrogen (secondary N) is 2. The number of anilines is 2. The Bertz CT molecular complexity index is 1130. The van der Waals surface area contributed by atoms with Gasteiger partial charge in [-0.2, -0.15) is 0 Å². The number of benzene rings is 3. The van der Waals surface area contributed by atoms with E-state index in [9.17, 15) is 13.2 Å². The molecule has 0 aliphatic carbocycles. The molecule has 0 spiro atoms. The van der Waals surface area contributed by atoms with E-state index in [2.05, 4.69) is 10.0 Å². The molecule has 0 saturated heterocycles. The van der Waals surface area contributed by atoms with Gasteiger partial charge in [-0.1, -0.05) is 46.9 Å². The monoisotopic (exact) mass is 454 g/mol. The molecule has 0 aromatic heterocycles. The summed E-state index contributed by atoms with van der Waals surface area (Å²) in [6.45, 7) is 0. The lowest BCUT2D eigenvalue weighted by Crippen LogP contribution is -2.14. The fraction of sp³-hybridized carbons (Fsp3) is 0. The van der Waals surface area contributed by atoms with Crippen molar-refractivity contribution in [3.05, 3.63) is 87.4 Å². The number of carbonyl (C=O) groups is 1. The SMILES string of the molecule is O=C(Nc1ccc(S(=O)(=O)Nc2cccc(Cl)c2Cl)cc1)c1cccc(Cl)c1. The van der Waals surface area contributed by atoms with E-state index in [1.165, 1.54) is 36.4 Å². The molecule has 3 aromatic rings. The largest absolute Gasteiger partial charge is 0.322 e. The highest BCUT2D eigenvalue weighted by molar-refractivity contribution is 7.92. The van der Waals surface area contributed by atoms with Gasteiger partial charge in [0.2, 0.25) is 0 Å². The molecular weight excluding hydrogens is 443 g/mol. The predicted molar refractivity (Wildman–Crippen MR) is 113 cm³/mol. The van der Waals surface area contributed by atoms with Gasteiger partial charge in [-0.05, 0) is 54.6 Å². The second-order valence-electron chi connectivity index (χ2n) is 5.70. The smallest absolute Gasteiger partial charge is 0.261 e. The van der Waals surface area contributed by atoms with Crippen molar-refractivity contribution >= 4 is 62.1 Å². The molecule has 0 radical (unpaired) electrons. The number of amides is 1. The lowest BCUT2D eigenvalue weighted by Gasteiger charge is -2.11. The second kappa shape index (κ2) is 8.41. The van der Waals surface area contributed by atoms with E-state index >= 15 is 0 Å². The fourth-order valence-electron chi connectivity index (χ4n) is 2.34. The number of carbonyl (C=O) groups excluding carboxylic acids is 1. The van der Waals surface area contributed by atoms with E-state index in [-0.39, 0.29) is 26.5 Å². The standard InChI is InChI=1S/C19H13Cl3N2O3S/c20-13-4-1-3-12(11-13)19(25)23-14-7-9-15(10-8-14)28(26,27)24-17-6-2-5-16(21)18(17)22/h1-11,24H,(H,23,25). The molecule has 9 heteroatoms. The molecule has 0 aliphatic heterocycles. The topological polar surface area (TPSA) is 75.3 Å². The van der Waals surface area contributed by atoms with E-state index in [1.54, 1.807) is 30.3 Å². The zero-order valence-electron chi connectivity index (χ0n) is 14.1. The van der Waals surface area contributed by atoms with Crippen LogP contribution in [0.25, 0.3) is 0 Å². The van der Waals surface area contributed by atoms with Crippen molar-refractivity contribution in [3.63, 3.8) is 0 Å². The molecule has 1 amide bonds. The highest BCUT2D eigenvalue weighted by Gasteiger charge is 2.17. The van der Waals surface area contributed by atoms with Crippen LogP contribution in [0.5, 0.6) is 0 Å². The number of halogens is 3. The van der Waals surface area contributed by atoms with Gasteiger partial charge in [0.15, 0.2) is 0 Å². The van der Waals surface area contributed by atoms with Crippen LogP contribution in [0.4, 0.5) is 11.4 Å². The van der Waals surface area contributed by atoms with Gasteiger partial charge in [0, 0.05) is 16.3 Å². The van der Waals surface area contributed by atoms with Gasteiger partial charge >= 0.3 is 0 Å². The quantitative estimate of drug-likeness (QED) is 0.518. The summed E-state index contributed by atoms with van der Waals surface area (Å²) in [5.74, 6) is -0.359. The average Bonchev–Trinajstić information content (AvgIpc) is 2.66. The summed E-state index contributed by atoms with van der Waals surface area (Å²) < 4.78 is 27.5. The third-order valence-electron chi connectivity index (χ3n) is 3.71. The predicted octanol–water partition coefficient (Wildman–Crippen LogP) is 5.70. The van der Waals surface area contributed by atoms with Crippen LogP contribution < -0.4 is 10.0 Å². The first kappa shape index (κ1) is 20.5. The van der Waals surface area contributed by atoms with Crippen LogP contribution in [0.3, 0.4) is 0 Å². The first-order chi connectivity index (χ1) is 13.3. The minimum Gasteiger partial charge on any atom is -0.322 e. The summed E-state index contributed by atoms with van der Waals surface area (Å²) in [7, 11) is -3.88. The molecule has 3 rings (SSSR count). The Labute approximate surface area is 177 Å². The van der Waals surface area contributed by atoms with Crippen molar-refractivity contribution < 1.29 is 13.2 Å². The van der Waals surface area contributed by atoms with Crippen molar-refractivity contribution in [1.82, 2.24) is 0 Å². The van der Waals surface area contributed by atoms with Crippen LogP contribution in [0.15, 0.2) is 71.6 Å². The van der Waals surface area contributed by atoms with Crippen LogP contribution >= 0.6 is 34.8 Å². The molecule has 0 atom stereocenters. The summed E-state index contributed by atoms with van der Waals surface area (Å²) in [5, 5.41) is 3.47. The Balaban J connectivity index is 1.76. The lowest BCUT2D eigenvalue weighted by molar-refractivity contribution is 0.102. The molecule has 0 fully saturated rings. The molecule has 0 heterocycles. The van der Waals surface area contributed by atoms with Gasteiger partial charge in [0.1, 0.15) is 0 Å². The summed E-state index contributed by atoms with van der Waals surface area (Å²) in [6.07, 6.45) is 0. The van der Waals surface area contributed by atoms with E-state index in [4.69, 9.17) is 34.8 Å². The van der Waals surface area contributed by atoms with Gasteiger partial charge in [-0.25, -0.2) is 8.42 Å². The third kappa shape index (κ3) is 4.77. The van der Waals surface area contributed by atoms with E-state index in [1.807, 2.05) is 0 Å². The van der Waals surface area contributed by atoms with Crippen LogP contribution in [0.2, 0.25) is 15.1 Å². The number of rotatable bonds is 5. The zero-order chi connectivity index (χ0) is 20.3. The molecule has 2 N–H and O–H groups in total. The molecule has 3 aromatic carbocycles. The van der Waals surface area contributed by atoms with Crippen molar-refractivity contribution in [2.45, 2.75) is 4.90 Å². The van der Waals surface area contributed by atoms with Crippen molar-refractivity contribution in [2.75, 3.05) is 10.0 Å². The summed E-state index contributed by atoms with van der Waals surface area (Å²) in [6, 6.07) is 16.8. The van der Waals surface area contributed by atoms with Crippen LogP contribution in [-0.2, 0) is 10.0 Å². The molecule has 144 valence electrons. The van der Waals surface area contributed by atoms with Gasteiger partial charge in [-0.15, -0.1) is 0 Å². The van der Waals surface area contributed by atoms with Gasteiger partial charge in [0.05, 0.1) is 20.6 Å². The van der Waals surface area contributed by atoms with E-state index in [0.717, 1.165) is 0 Å². The van der Waals surface area contributed by atoms with Crippen molar-refractivity contribution in [3.8, 4) is 0 Å². The zero-order valence-corrected chi connectivity index (χ0v) is 17.2. The normalized spacial score (nSPS) is 11.1. The van der Waals surface area contributed by atoms with Crippen molar-refractivity contribution in [2.24, 2.45) is 0 Å². The van der Waals surface area contributed by atoms with Gasteiger partial charge in [-0.3, -0.25) is 9.52 Å². The number of sulfonamides is 1. The van der Waals surface area contributed by atoms with Crippen LogP contribution in [0.1, 0.15) is 10.4 Å². The molecule has 5 nitrogen and oxygen atoms in total. The van der Waals surface area contributed by atoms with E-state index in [0.29, 0.717) is 16.3 Å². The average molecular weight is 456 g/mol. The maximum atomic E-state index is 12.5. The Kier molecular flexibility index (Phi) is 6.15. The first-order valence-electron chi connectivity index (χ1n) is 7.90. The molecule has 0 aliphatic rings. The lowest BCUT2D eigenvalue weighted by atomic mass is 10.2. The molecule has 0 unspecified atom stereocenters. The molecular formula is C19H13Cl3N2O3S. The summed E-state index contributed by atoms with van der Waals surface area (Å²) in [5.41, 5.74) is 0.999. The fourth-order valence-corrected chi connectivity index (χ4v) is 4.00. The van der Waals surface area contributed by atoms with Crippen LogP contribution in [0, 0.1) is 0 Å². The maximum absolute atomic E-state index is 12.5. The second-order valence-corrected chi connectivity index (χ2v) is 8.60. The highest BCUT2D eigenvalue weighted by atomic mass is 35.5. The summed E-state index contributed by atoms with van der Waals surface area (Å²) >= 11 is 17.8. The number of hydrogen-bond acceptors (Lipinski definition) is 3. The molecule has 0 saturated carbocycles. The molecule has 28 heavy (non-hydrogen) atoms. The Morgan fingerprint density at radius 2 is 1.54 bits per heavy atom. The van der Waals surface area contributed by atoms with Gasteiger partial charge in [0.25, 0.3) is 15.9 Å². The Morgan fingerprint density at radius 1 is 0.857 bits per heavy atom. The molecule has 0 bridgehead atoms. The Hall–Kier alpha value is -2.25. The Morgan fingerprint density at radius 3 is 2.21 bits per heavy atom. The number of hydrogen-bond donors (Lipinski definition) is 2. The third-order valence-corrected chi connectivity index (χ3v) is 6.14.